The Balaban J connectivity index is 6.49. The Morgan fingerprint density at radius 2 is 1.01 bits per heavy atom. The number of carbonyl (C=O) groups excluding carboxylic acids is 11. The molecule has 0 radical (unpaired) electrons. The molecular weight excluding hydrogens is 1010 g/mol. The number of esters is 1. The van der Waals surface area contributed by atoms with Crippen LogP contribution >= 0.6 is 23.5 Å². The van der Waals surface area contributed by atoms with Crippen LogP contribution in [0.2, 0.25) is 0 Å². The maximum Gasteiger partial charge on any atom is 0.410 e. The van der Waals surface area contributed by atoms with E-state index in [1.165, 1.54) is 86.6 Å². The number of likely N-dealkylation sites (N-methyl/N-ethyl adjacent to an activating group) is 6. The molecule has 0 saturated carbocycles. The topological polar surface area (TPSA) is 280 Å². The SMILES string of the molecule is C=CCOC(=O)N(C)[C@@H](CC)C(=O)N(C)[C@@H](CSC)C(=O)N(C)C[C@@H](NC(=O)OC(C)(C)C)C(=O)CCC(=O)N(C)[C@@H](CC)C(=O)N(C)[C@@H](CSC)C(=O)N(C)C[C@@H](NC(=O)OC(C)(C)C)C(=O)NCC(=O)OC. The number of alkyl carbamates (subject to hydrolysis) is 2. The van der Waals surface area contributed by atoms with Crippen LogP contribution < -0.4 is 16.0 Å². The maximum absolute atomic E-state index is 14.2. The fourth-order valence-electron chi connectivity index (χ4n) is 7.05. The van der Waals surface area contributed by atoms with E-state index in [1.54, 1.807) is 67.9 Å². The average molecular weight is 1090 g/mol. The summed E-state index contributed by atoms with van der Waals surface area (Å²) in [5.41, 5.74) is -1.91. The number of hydrogen-bond donors (Lipinski definition) is 3. The monoisotopic (exact) mass is 1090 g/mol. The van der Waals surface area contributed by atoms with Crippen molar-refractivity contribution in [1.29, 1.82) is 0 Å². The molecule has 24 nitrogen and oxygen atoms in total. The van der Waals surface area contributed by atoms with Gasteiger partial charge in [-0.3, -0.25) is 43.3 Å². The largest absolute Gasteiger partial charge is 0.468 e. The number of nitrogens with zero attached hydrogens (tertiary/aromatic N) is 6. The number of Topliss-reactive ketones (excluding diaryl/α,β-unsaturated/α-hetero) is 1. The van der Waals surface area contributed by atoms with E-state index in [1.807, 2.05) is 0 Å². The number of carbonyl (C=O) groups is 11. The van der Waals surface area contributed by atoms with Crippen molar-refractivity contribution >= 4 is 89.0 Å². The minimum Gasteiger partial charge on any atom is -0.468 e. The quantitative estimate of drug-likeness (QED) is 0.0549. The molecule has 26 heteroatoms. The van der Waals surface area contributed by atoms with Crippen molar-refractivity contribution in [1.82, 2.24) is 45.3 Å². The van der Waals surface area contributed by atoms with Crippen LogP contribution in [-0.2, 0) is 57.3 Å². The van der Waals surface area contributed by atoms with Gasteiger partial charge >= 0.3 is 24.2 Å². The number of ether oxygens (including phenoxy) is 4. The Morgan fingerprint density at radius 1 is 0.595 bits per heavy atom. The molecule has 74 heavy (non-hydrogen) atoms. The predicted octanol–water partition coefficient (Wildman–Crippen LogP) is 1.98. The number of rotatable bonds is 29. The first-order valence-electron chi connectivity index (χ1n) is 23.9. The zero-order valence-corrected chi connectivity index (χ0v) is 48.1. The molecule has 3 N–H and O–H groups in total. The smallest absolute Gasteiger partial charge is 0.410 e. The molecular formula is C48H83N9O15S2. The van der Waals surface area contributed by atoms with Crippen LogP contribution in [0.5, 0.6) is 0 Å². The lowest BCUT2D eigenvalue weighted by Gasteiger charge is -2.36. The Hall–Kier alpha value is -5.79. The fraction of sp³-hybridized carbons (Fsp3) is 0.729. The van der Waals surface area contributed by atoms with E-state index in [0.717, 1.165) is 21.8 Å². The molecule has 0 aliphatic heterocycles. The molecule has 0 aromatic heterocycles. The van der Waals surface area contributed by atoms with Gasteiger partial charge in [-0.05, 0) is 66.9 Å². The molecule has 0 aliphatic rings. The molecule has 0 saturated heterocycles. The zero-order chi connectivity index (χ0) is 57.4. The number of amides is 9. The summed E-state index contributed by atoms with van der Waals surface area (Å²) in [4.78, 5) is 155. The third-order valence-electron chi connectivity index (χ3n) is 11.1. The van der Waals surface area contributed by atoms with E-state index >= 15 is 0 Å². The summed E-state index contributed by atoms with van der Waals surface area (Å²) in [5, 5.41) is 7.30. The molecule has 0 aliphatic carbocycles. The van der Waals surface area contributed by atoms with E-state index in [0.29, 0.717) is 0 Å². The average Bonchev–Trinajstić information content (AvgIpc) is 3.32. The minimum absolute atomic E-state index is 0.0714. The van der Waals surface area contributed by atoms with Crippen molar-refractivity contribution in [2.75, 3.05) is 99.7 Å². The highest BCUT2D eigenvalue weighted by molar-refractivity contribution is 7.98. The molecule has 0 heterocycles. The first-order valence-corrected chi connectivity index (χ1v) is 26.7. The van der Waals surface area contributed by atoms with Crippen molar-refractivity contribution in [2.24, 2.45) is 0 Å². The van der Waals surface area contributed by atoms with Gasteiger partial charge in [-0.25, -0.2) is 14.4 Å². The lowest BCUT2D eigenvalue weighted by molar-refractivity contribution is -0.149. The van der Waals surface area contributed by atoms with Gasteiger partial charge in [-0.15, -0.1) is 0 Å². The molecule has 6 atom stereocenters. The number of methoxy groups -OCH3 is 1. The van der Waals surface area contributed by atoms with Crippen molar-refractivity contribution in [2.45, 2.75) is 129 Å². The first kappa shape index (κ1) is 68.2. The predicted molar refractivity (Wildman–Crippen MR) is 281 cm³/mol. The molecule has 0 spiro atoms. The first-order chi connectivity index (χ1) is 34.3. The molecule has 0 fully saturated rings. The third kappa shape index (κ3) is 23.2. The van der Waals surface area contributed by atoms with E-state index in [9.17, 15) is 52.7 Å². The van der Waals surface area contributed by atoms with Crippen molar-refractivity contribution in [3.05, 3.63) is 12.7 Å². The van der Waals surface area contributed by atoms with Crippen molar-refractivity contribution in [3.63, 3.8) is 0 Å². The lowest BCUT2D eigenvalue weighted by atomic mass is 10.0. The molecule has 0 aromatic carbocycles. The second-order valence-electron chi connectivity index (χ2n) is 19.3. The molecule has 0 aromatic rings. The highest BCUT2D eigenvalue weighted by Crippen LogP contribution is 2.18. The summed E-state index contributed by atoms with van der Waals surface area (Å²) < 4.78 is 20.4. The van der Waals surface area contributed by atoms with Gasteiger partial charge in [0.15, 0.2) is 5.78 Å². The normalized spacial score (nSPS) is 13.6. The number of hydrogen-bond acceptors (Lipinski definition) is 17. The van der Waals surface area contributed by atoms with Crippen LogP contribution in [0.1, 0.15) is 81.1 Å². The molecule has 9 amide bonds. The highest BCUT2D eigenvalue weighted by Gasteiger charge is 2.39. The van der Waals surface area contributed by atoms with E-state index in [2.05, 4.69) is 27.3 Å². The summed E-state index contributed by atoms with van der Waals surface area (Å²) >= 11 is 2.53. The van der Waals surface area contributed by atoms with Gasteiger partial charge in [0.25, 0.3) is 0 Å². The van der Waals surface area contributed by atoms with Crippen LogP contribution in [0.3, 0.4) is 0 Å². The summed E-state index contributed by atoms with van der Waals surface area (Å²) in [5.74, 6) is -5.01. The fourth-order valence-corrected chi connectivity index (χ4v) is 8.41. The standard InChI is InChI=1S/C48H83N9O15S2/c1-19-24-70-46(68)57(15)33(21-3)43(65)56(14)34(28-73-17)40(62)52(10)26-30(50-44(66)71-47(4,5)6)36(58)22-23-37(59)54(12)32(20-2)42(64)55(13)35(29-74-18)41(63)53(11)27-31(39(61)49-25-38(60)69-16)51-45(67)72-48(7,8)9/h19,30-35H,1,20-29H2,2-18H3,(H,49,61)(H,50,66)(H,51,67)/t30-,31-,32+,33+,34+,35+/m1/s1. The molecule has 0 rings (SSSR count). The van der Waals surface area contributed by atoms with Gasteiger partial charge in [0.2, 0.25) is 35.4 Å². The summed E-state index contributed by atoms with van der Waals surface area (Å²) in [6, 6.07) is -7.10. The van der Waals surface area contributed by atoms with Crippen LogP contribution in [0.4, 0.5) is 14.4 Å². The van der Waals surface area contributed by atoms with Crippen LogP contribution in [0, 0.1) is 0 Å². The Morgan fingerprint density at radius 3 is 1.41 bits per heavy atom. The Bertz CT molecular complexity index is 1970. The maximum atomic E-state index is 14.2. The molecule has 0 bridgehead atoms. The van der Waals surface area contributed by atoms with Crippen molar-refractivity contribution in [3.8, 4) is 0 Å². The summed E-state index contributed by atoms with van der Waals surface area (Å²) in [7, 11) is 9.50. The van der Waals surface area contributed by atoms with Crippen LogP contribution in [0.15, 0.2) is 12.7 Å². The van der Waals surface area contributed by atoms with Crippen molar-refractivity contribution < 1.29 is 71.7 Å². The van der Waals surface area contributed by atoms with Gasteiger partial charge in [0, 0.05) is 79.7 Å². The number of thioether (sulfide) groups is 2. The van der Waals surface area contributed by atoms with Crippen LogP contribution in [0.25, 0.3) is 0 Å². The Labute approximate surface area is 445 Å². The van der Waals surface area contributed by atoms with Gasteiger partial charge in [0.05, 0.1) is 7.11 Å². The highest BCUT2D eigenvalue weighted by atomic mass is 32.2. The lowest BCUT2D eigenvalue weighted by Crippen LogP contribution is -2.58. The van der Waals surface area contributed by atoms with Gasteiger partial charge in [-0.1, -0.05) is 26.5 Å². The zero-order valence-electron chi connectivity index (χ0n) is 46.4. The Kier molecular flexibility index (Phi) is 30.0. The number of nitrogens with one attached hydrogen (secondary N) is 3. The number of ketones is 1. The third-order valence-corrected chi connectivity index (χ3v) is 12.4. The van der Waals surface area contributed by atoms with E-state index in [4.69, 9.17) is 14.2 Å². The molecule has 422 valence electrons. The van der Waals surface area contributed by atoms with E-state index < -0.39 is 145 Å². The summed E-state index contributed by atoms with van der Waals surface area (Å²) in [6.07, 6.45) is 1.56. The molecule has 0 unspecified atom stereocenters. The second-order valence-corrected chi connectivity index (χ2v) is 21.1. The van der Waals surface area contributed by atoms with Crippen LogP contribution in [-0.4, -0.2) is 242 Å². The van der Waals surface area contributed by atoms with Gasteiger partial charge < -0.3 is 59.4 Å². The van der Waals surface area contributed by atoms with E-state index in [-0.39, 0.29) is 31.0 Å². The minimum atomic E-state index is -1.41. The van der Waals surface area contributed by atoms with Gasteiger partial charge in [0.1, 0.15) is 60.6 Å². The summed E-state index contributed by atoms with van der Waals surface area (Å²) in [6.45, 7) is 15.2. The van der Waals surface area contributed by atoms with Gasteiger partial charge in [-0.2, -0.15) is 23.5 Å². The second kappa shape index (κ2) is 32.5.